The number of aliphatic hydroxyl groups excluding tert-OH is 1. The number of nitrogens with one attached hydrogen (secondary N) is 1. The van der Waals surface area contributed by atoms with Gasteiger partial charge in [0, 0.05) is 19.6 Å². The van der Waals surface area contributed by atoms with Crippen LogP contribution in [0, 0.1) is 0 Å². The van der Waals surface area contributed by atoms with Crippen LogP contribution < -0.4 is 5.32 Å². The summed E-state index contributed by atoms with van der Waals surface area (Å²) in [5, 5.41) is 11.9. The van der Waals surface area contributed by atoms with Crippen LogP contribution in [-0.2, 0) is 4.74 Å². The quantitative estimate of drug-likeness (QED) is 0.634. The van der Waals surface area contributed by atoms with Gasteiger partial charge in [0.1, 0.15) is 6.10 Å². The number of amides is 1. The summed E-state index contributed by atoms with van der Waals surface area (Å²) < 4.78 is 5.04. The lowest BCUT2D eigenvalue weighted by molar-refractivity contribution is 0.0552. The minimum atomic E-state index is -0.313. The van der Waals surface area contributed by atoms with E-state index < -0.39 is 0 Å². The van der Waals surface area contributed by atoms with Crippen molar-refractivity contribution in [3.63, 3.8) is 0 Å². The number of alkyl carbamates (subject to hydrolysis) is 1. The van der Waals surface area contributed by atoms with E-state index in [-0.39, 0.29) is 18.3 Å². The second-order valence-corrected chi connectivity index (χ2v) is 3.94. The van der Waals surface area contributed by atoms with Crippen molar-refractivity contribution in [2.75, 3.05) is 26.2 Å². The molecule has 0 aromatic rings. The average molecular weight is 200 g/mol. The van der Waals surface area contributed by atoms with Crippen LogP contribution in [0.3, 0.4) is 0 Å². The number of rotatable bonds is 2. The van der Waals surface area contributed by atoms with Gasteiger partial charge in [-0.2, -0.15) is 0 Å². The first-order valence-corrected chi connectivity index (χ1v) is 5.09. The summed E-state index contributed by atoms with van der Waals surface area (Å²) in [5.74, 6) is 0. The van der Waals surface area contributed by atoms with E-state index in [1.165, 1.54) is 0 Å². The summed E-state index contributed by atoms with van der Waals surface area (Å²) in [6.07, 6.45) is 1.18. The molecule has 2 fully saturated rings. The van der Waals surface area contributed by atoms with Crippen LogP contribution in [0.15, 0.2) is 0 Å². The van der Waals surface area contributed by atoms with Crippen LogP contribution in [0.5, 0.6) is 0 Å². The maximum absolute atomic E-state index is 10.8. The first-order valence-electron chi connectivity index (χ1n) is 5.09. The Kier molecular flexibility index (Phi) is 2.88. The third-order valence-corrected chi connectivity index (χ3v) is 2.77. The number of carbonyl (C=O) groups is 1. The van der Waals surface area contributed by atoms with E-state index in [9.17, 15) is 9.90 Å². The molecule has 2 saturated heterocycles. The minimum absolute atomic E-state index is 0.0160. The maximum atomic E-state index is 10.8. The van der Waals surface area contributed by atoms with Gasteiger partial charge >= 0.3 is 6.09 Å². The molecule has 14 heavy (non-hydrogen) atoms. The van der Waals surface area contributed by atoms with Crippen molar-refractivity contribution in [1.29, 1.82) is 0 Å². The molecule has 2 aliphatic rings. The molecule has 2 aliphatic heterocycles. The van der Waals surface area contributed by atoms with Crippen LogP contribution >= 0.6 is 0 Å². The third-order valence-electron chi connectivity index (χ3n) is 2.77. The monoisotopic (exact) mass is 200 g/mol. The molecule has 1 amide bonds. The molecule has 0 aliphatic carbocycles. The molecule has 0 aromatic heterocycles. The predicted octanol–water partition coefficient (Wildman–Crippen LogP) is -0.449. The van der Waals surface area contributed by atoms with E-state index in [2.05, 4.69) is 10.2 Å². The summed E-state index contributed by atoms with van der Waals surface area (Å²) in [5.41, 5.74) is 0. The van der Waals surface area contributed by atoms with Crippen molar-refractivity contribution in [2.45, 2.75) is 25.0 Å². The van der Waals surface area contributed by atoms with Crippen molar-refractivity contribution in [2.24, 2.45) is 0 Å². The van der Waals surface area contributed by atoms with Gasteiger partial charge in [-0.05, 0) is 12.8 Å². The third kappa shape index (κ3) is 2.36. The Morgan fingerprint density at radius 2 is 2.21 bits per heavy atom. The lowest BCUT2D eigenvalue weighted by Crippen LogP contribution is -2.41. The zero-order chi connectivity index (χ0) is 9.97. The van der Waals surface area contributed by atoms with Gasteiger partial charge in [0.05, 0.1) is 12.6 Å². The van der Waals surface area contributed by atoms with E-state index >= 15 is 0 Å². The van der Waals surface area contributed by atoms with E-state index in [1.54, 1.807) is 0 Å². The second kappa shape index (κ2) is 4.14. The summed E-state index contributed by atoms with van der Waals surface area (Å²) in [7, 11) is 0. The van der Waals surface area contributed by atoms with Crippen molar-refractivity contribution in [3.05, 3.63) is 0 Å². The van der Waals surface area contributed by atoms with Crippen molar-refractivity contribution in [1.82, 2.24) is 10.2 Å². The summed E-state index contributed by atoms with van der Waals surface area (Å²) in [4.78, 5) is 13.0. The molecular formula is C9H16N2O3. The van der Waals surface area contributed by atoms with Gasteiger partial charge in [0.2, 0.25) is 0 Å². The normalized spacial score (nSPS) is 30.1. The molecule has 1 atom stereocenters. The van der Waals surface area contributed by atoms with Gasteiger partial charge in [-0.15, -0.1) is 0 Å². The lowest BCUT2D eigenvalue weighted by Gasteiger charge is -2.30. The van der Waals surface area contributed by atoms with Crippen molar-refractivity contribution < 1.29 is 14.6 Å². The Labute approximate surface area is 83.0 Å². The number of hydrogen-bond donors (Lipinski definition) is 2. The van der Waals surface area contributed by atoms with Gasteiger partial charge < -0.3 is 15.2 Å². The largest absolute Gasteiger partial charge is 0.443 e. The average Bonchev–Trinajstić information content (AvgIpc) is 2.56. The molecule has 0 aromatic carbocycles. The summed E-state index contributed by atoms with van der Waals surface area (Å²) >= 11 is 0. The molecule has 5 nitrogen and oxygen atoms in total. The molecule has 0 spiro atoms. The minimum Gasteiger partial charge on any atom is -0.443 e. The Bertz CT molecular complexity index is 214. The highest BCUT2D eigenvalue weighted by atomic mass is 16.6. The zero-order valence-electron chi connectivity index (χ0n) is 8.11. The van der Waals surface area contributed by atoms with Crippen LogP contribution in [0.1, 0.15) is 12.8 Å². The number of hydrogen-bond acceptors (Lipinski definition) is 4. The van der Waals surface area contributed by atoms with Gasteiger partial charge in [-0.1, -0.05) is 0 Å². The van der Waals surface area contributed by atoms with E-state index in [0.29, 0.717) is 6.54 Å². The molecule has 2 N–H and O–H groups in total. The number of nitrogens with zero attached hydrogens (tertiary/aromatic N) is 1. The SMILES string of the molecule is O=C1NCC(CN2CCC(O)CC2)O1. The highest BCUT2D eigenvalue weighted by Gasteiger charge is 2.26. The first-order chi connectivity index (χ1) is 6.74. The number of ether oxygens (including phenoxy) is 1. The topological polar surface area (TPSA) is 61.8 Å². The molecule has 1 unspecified atom stereocenters. The molecule has 80 valence electrons. The summed E-state index contributed by atoms with van der Waals surface area (Å²) in [6.45, 7) is 3.19. The van der Waals surface area contributed by atoms with Crippen LogP contribution in [0.4, 0.5) is 4.79 Å². The number of carbonyl (C=O) groups excluding carboxylic acids is 1. The van der Waals surface area contributed by atoms with Crippen LogP contribution in [0.2, 0.25) is 0 Å². The molecule has 0 bridgehead atoms. The molecular weight excluding hydrogens is 184 g/mol. The van der Waals surface area contributed by atoms with E-state index in [0.717, 1.165) is 32.5 Å². The highest BCUT2D eigenvalue weighted by Crippen LogP contribution is 2.12. The van der Waals surface area contributed by atoms with Gasteiger partial charge in [0.25, 0.3) is 0 Å². The number of aliphatic hydroxyl groups is 1. The standard InChI is InChI=1S/C9H16N2O3/c12-7-1-3-11(4-2-7)6-8-5-10-9(13)14-8/h7-8,12H,1-6H2,(H,10,13). The Morgan fingerprint density at radius 3 is 2.79 bits per heavy atom. The first kappa shape index (κ1) is 9.73. The zero-order valence-corrected chi connectivity index (χ0v) is 8.11. The van der Waals surface area contributed by atoms with E-state index in [1.807, 2.05) is 0 Å². The fourth-order valence-electron chi connectivity index (χ4n) is 1.92. The molecule has 2 heterocycles. The lowest BCUT2D eigenvalue weighted by atomic mass is 10.1. The molecule has 5 heteroatoms. The maximum Gasteiger partial charge on any atom is 0.407 e. The van der Waals surface area contributed by atoms with Crippen LogP contribution in [-0.4, -0.2) is 54.5 Å². The Balaban J connectivity index is 1.72. The van der Waals surface area contributed by atoms with Crippen molar-refractivity contribution >= 4 is 6.09 Å². The molecule has 2 rings (SSSR count). The fourth-order valence-corrected chi connectivity index (χ4v) is 1.92. The highest BCUT2D eigenvalue weighted by molar-refractivity contribution is 5.69. The molecule has 0 radical (unpaired) electrons. The number of cyclic esters (lactones) is 1. The summed E-state index contributed by atoms with van der Waals surface area (Å²) in [6, 6.07) is 0. The predicted molar refractivity (Wildman–Crippen MR) is 50.0 cm³/mol. The van der Waals surface area contributed by atoms with E-state index in [4.69, 9.17) is 4.74 Å². The smallest absolute Gasteiger partial charge is 0.407 e. The fraction of sp³-hybridized carbons (Fsp3) is 0.889. The second-order valence-electron chi connectivity index (χ2n) is 3.94. The van der Waals surface area contributed by atoms with Crippen LogP contribution in [0.25, 0.3) is 0 Å². The Morgan fingerprint density at radius 1 is 1.50 bits per heavy atom. The number of likely N-dealkylation sites (tertiary alicyclic amines) is 1. The Hall–Kier alpha value is -0.810. The molecule has 0 saturated carbocycles. The number of piperidine rings is 1. The van der Waals surface area contributed by atoms with Gasteiger partial charge in [-0.25, -0.2) is 4.79 Å². The van der Waals surface area contributed by atoms with Crippen molar-refractivity contribution in [3.8, 4) is 0 Å². The van der Waals surface area contributed by atoms with Gasteiger partial charge in [0.15, 0.2) is 0 Å². The van der Waals surface area contributed by atoms with Gasteiger partial charge in [-0.3, -0.25) is 4.90 Å².